The summed E-state index contributed by atoms with van der Waals surface area (Å²) < 4.78 is 5.73. The van der Waals surface area contributed by atoms with Crippen molar-refractivity contribution in [3.63, 3.8) is 0 Å². The Balaban J connectivity index is 1.48. The zero-order chi connectivity index (χ0) is 22.1. The maximum absolute atomic E-state index is 13.8. The molecule has 0 saturated heterocycles. The van der Waals surface area contributed by atoms with Crippen LogP contribution in [0.4, 0.5) is 11.4 Å². The van der Waals surface area contributed by atoms with Crippen molar-refractivity contribution in [1.29, 1.82) is 0 Å². The average molecular weight is 425 g/mol. The van der Waals surface area contributed by atoms with Gasteiger partial charge >= 0.3 is 5.97 Å². The number of hydrogen-bond donors (Lipinski definition) is 1. The number of aryl methyl sites for hydroxylation is 2. The molecule has 1 aliphatic rings. The summed E-state index contributed by atoms with van der Waals surface area (Å²) in [5.74, 6) is -0.775. The highest BCUT2D eigenvalue weighted by Crippen LogP contribution is 2.37. The minimum absolute atomic E-state index is 0.245. The summed E-state index contributed by atoms with van der Waals surface area (Å²) in [5.41, 5.74) is 5.78. The molecular formula is C26H23N3O3. The molecule has 1 unspecified atom stereocenters. The predicted molar refractivity (Wildman–Crippen MR) is 123 cm³/mol. The van der Waals surface area contributed by atoms with Crippen LogP contribution in [0.25, 0.3) is 11.0 Å². The van der Waals surface area contributed by atoms with E-state index in [0.717, 1.165) is 46.4 Å². The summed E-state index contributed by atoms with van der Waals surface area (Å²) in [7, 11) is 0. The fourth-order valence-electron chi connectivity index (χ4n) is 4.23. The number of imidazole rings is 1. The molecule has 0 radical (unpaired) electrons. The molecule has 5 rings (SSSR count). The van der Waals surface area contributed by atoms with Crippen LogP contribution in [0.15, 0.2) is 73.1 Å². The quantitative estimate of drug-likeness (QED) is 0.469. The monoisotopic (exact) mass is 425 g/mol. The number of para-hydroxylation sites is 2. The number of anilines is 2. The molecule has 6 heteroatoms. The van der Waals surface area contributed by atoms with Gasteiger partial charge in [0.1, 0.15) is 0 Å². The van der Waals surface area contributed by atoms with Gasteiger partial charge in [-0.1, -0.05) is 43.3 Å². The number of amides is 1. The zero-order valence-electron chi connectivity index (χ0n) is 17.7. The zero-order valence-corrected chi connectivity index (χ0v) is 17.7. The second-order valence-electron chi connectivity index (χ2n) is 7.87. The molecule has 0 saturated carbocycles. The standard InChI is InChI=1S/C26H23N3O3/c1-2-24(32-26(31)19-13-14-20-21(15-19)28-16-27-20)25(30)29-22-9-5-3-7-17(22)11-12-18-8-4-6-10-23(18)29/h3-10,13-16,24H,2,11-12H2,1H3,(H,27,28). The lowest BCUT2D eigenvalue weighted by atomic mass is 10.0. The highest BCUT2D eigenvalue weighted by molar-refractivity contribution is 6.06. The van der Waals surface area contributed by atoms with E-state index in [9.17, 15) is 9.59 Å². The number of H-pyrrole nitrogens is 1. The van der Waals surface area contributed by atoms with Crippen molar-refractivity contribution in [3.05, 3.63) is 89.7 Å². The molecule has 32 heavy (non-hydrogen) atoms. The fraction of sp³-hybridized carbons (Fsp3) is 0.192. The van der Waals surface area contributed by atoms with Gasteiger partial charge < -0.3 is 9.72 Å². The van der Waals surface area contributed by atoms with E-state index in [1.165, 1.54) is 0 Å². The molecule has 3 aromatic carbocycles. The molecule has 1 N–H and O–H groups in total. The fourth-order valence-corrected chi connectivity index (χ4v) is 4.23. The molecule has 0 aliphatic carbocycles. The number of carbonyl (C=O) groups excluding carboxylic acids is 2. The van der Waals surface area contributed by atoms with E-state index < -0.39 is 12.1 Å². The number of carbonyl (C=O) groups is 2. The maximum Gasteiger partial charge on any atom is 0.338 e. The third-order valence-electron chi connectivity index (χ3n) is 5.90. The third-order valence-corrected chi connectivity index (χ3v) is 5.90. The van der Waals surface area contributed by atoms with Crippen LogP contribution in [0.1, 0.15) is 34.8 Å². The maximum atomic E-state index is 13.8. The molecule has 2 heterocycles. The second kappa shape index (κ2) is 8.30. The molecule has 1 aliphatic heterocycles. The lowest BCUT2D eigenvalue weighted by Gasteiger charge is -2.28. The topological polar surface area (TPSA) is 75.3 Å². The van der Waals surface area contributed by atoms with Gasteiger partial charge in [0, 0.05) is 0 Å². The molecule has 4 aromatic rings. The summed E-state index contributed by atoms with van der Waals surface area (Å²) in [6.07, 6.45) is 2.73. The van der Waals surface area contributed by atoms with Gasteiger partial charge in [-0.3, -0.25) is 9.69 Å². The number of aromatic amines is 1. The number of ether oxygens (including phenoxy) is 1. The van der Waals surface area contributed by atoms with Crippen LogP contribution in [0.2, 0.25) is 0 Å². The number of rotatable bonds is 4. The van der Waals surface area contributed by atoms with Crippen molar-refractivity contribution in [2.45, 2.75) is 32.3 Å². The van der Waals surface area contributed by atoms with E-state index in [-0.39, 0.29) is 5.91 Å². The summed E-state index contributed by atoms with van der Waals surface area (Å²) in [5, 5.41) is 0. The SMILES string of the molecule is CCC(OC(=O)c1ccc2nc[nH]c2c1)C(=O)N1c2ccccc2CCc2ccccc21. The largest absolute Gasteiger partial charge is 0.449 e. The van der Waals surface area contributed by atoms with Crippen LogP contribution in [0, 0.1) is 0 Å². The number of nitrogens with zero attached hydrogens (tertiary/aromatic N) is 2. The Bertz CT molecular complexity index is 1260. The highest BCUT2D eigenvalue weighted by atomic mass is 16.5. The number of nitrogens with one attached hydrogen (secondary N) is 1. The van der Waals surface area contributed by atoms with E-state index >= 15 is 0 Å². The second-order valence-corrected chi connectivity index (χ2v) is 7.87. The summed E-state index contributed by atoms with van der Waals surface area (Å²) in [6, 6.07) is 21.0. The Morgan fingerprint density at radius 3 is 2.31 bits per heavy atom. The van der Waals surface area contributed by atoms with Crippen molar-refractivity contribution in [1.82, 2.24) is 9.97 Å². The number of fused-ring (bicyclic) bond motifs is 3. The highest BCUT2D eigenvalue weighted by Gasteiger charge is 2.32. The molecule has 1 atom stereocenters. The van der Waals surface area contributed by atoms with Crippen molar-refractivity contribution in [2.24, 2.45) is 0 Å². The molecule has 0 spiro atoms. The van der Waals surface area contributed by atoms with Crippen LogP contribution in [-0.2, 0) is 22.4 Å². The van der Waals surface area contributed by atoms with E-state index in [0.29, 0.717) is 12.0 Å². The lowest BCUT2D eigenvalue weighted by molar-refractivity contribution is -0.126. The van der Waals surface area contributed by atoms with Gasteiger partial charge in [-0.2, -0.15) is 0 Å². The minimum Gasteiger partial charge on any atom is -0.449 e. The number of hydrogen-bond acceptors (Lipinski definition) is 4. The van der Waals surface area contributed by atoms with Gasteiger partial charge in [0.2, 0.25) is 0 Å². The smallest absolute Gasteiger partial charge is 0.338 e. The predicted octanol–water partition coefficient (Wildman–Crippen LogP) is 4.96. The van der Waals surface area contributed by atoms with E-state index in [1.807, 2.05) is 55.5 Å². The first-order valence-electron chi connectivity index (χ1n) is 10.8. The summed E-state index contributed by atoms with van der Waals surface area (Å²) >= 11 is 0. The summed E-state index contributed by atoms with van der Waals surface area (Å²) in [4.78, 5) is 35.6. The summed E-state index contributed by atoms with van der Waals surface area (Å²) in [6.45, 7) is 1.85. The van der Waals surface area contributed by atoms with Crippen LogP contribution in [-0.4, -0.2) is 27.9 Å². The Morgan fingerprint density at radius 1 is 1.00 bits per heavy atom. The van der Waals surface area contributed by atoms with E-state index in [1.54, 1.807) is 29.4 Å². The van der Waals surface area contributed by atoms with Gasteiger partial charge in [0.05, 0.1) is 34.3 Å². The van der Waals surface area contributed by atoms with Gasteiger partial charge in [-0.15, -0.1) is 0 Å². The van der Waals surface area contributed by atoms with Crippen LogP contribution >= 0.6 is 0 Å². The lowest BCUT2D eigenvalue weighted by Crippen LogP contribution is -2.39. The van der Waals surface area contributed by atoms with Crippen molar-refractivity contribution in [3.8, 4) is 0 Å². The number of aromatic nitrogens is 2. The molecule has 0 bridgehead atoms. The van der Waals surface area contributed by atoms with Crippen LogP contribution < -0.4 is 4.90 Å². The first-order chi connectivity index (χ1) is 15.7. The van der Waals surface area contributed by atoms with Crippen molar-refractivity contribution < 1.29 is 14.3 Å². The average Bonchev–Trinajstić information content (AvgIpc) is 3.23. The van der Waals surface area contributed by atoms with Gasteiger partial charge in [0.15, 0.2) is 6.10 Å². The molecule has 1 aromatic heterocycles. The van der Waals surface area contributed by atoms with Crippen molar-refractivity contribution >= 4 is 34.3 Å². The first kappa shape index (κ1) is 20.0. The Labute approximate surface area is 185 Å². The van der Waals surface area contributed by atoms with Gasteiger partial charge in [0.25, 0.3) is 5.91 Å². The molecule has 160 valence electrons. The Morgan fingerprint density at radius 2 is 1.66 bits per heavy atom. The van der Waals surface area contributed by atoms with Crippen LogP contribution in [0.5, 0.6) is 0 Å². The van der Waals surface area contributed by atoms with Gasteiger partial charge in [-0.25, -0.2) is 9.78 Å². The first-order valence-corrected chi connectivity index (χ1v) is 10.8. The Kier molecular flexibility index (Phi) is 5.19. The van der Waals surface area contributed by atoms with E-state index in [2.05, 4.69) is 9.97 Å². The molecule has 6 nitrogen and oxygen atoms in total. The van der Waals surface area contributed by atoms with Crippen molar-refractivity contribution in [2.75, 3.05) is 4.90 Å². The van der Waals surface area contributed by atoms with Crippen LogP contribution in [0.3, 0.4) is 0 Å². The molecular weight excluding hydrogens is 402 g/mol. The Hall–Kier alpha value is -3.93. The molecule has 0 fully saturated rings. The number of benzene rings is 3. The minimum atomic E-state index is -0.904. The normalized spacial score (nSPS) is 13.7. The third kappa shape index (κ3) is 3.54. The molecule has 1 amide bonds. The van der Waals surface area contributed by atoms with Gasteiger partial charge in [-0.05, 0) is 60.7 Å². The number of esters is 1. The van der Waals surface area contributed by atoms with E-state index in [4.69, 9.17) is 4.74 Å².